The van der Waals surface area contributed by atoms with Crippen molar-refractivity contribution >= 4 is 23.1 Å². The number of hydrogen-bond acceptors (Lipinski definition) is 7. The number of thiophene rings is 1. The van der Waals surface area contributed by atoms with Gasteiger partial charge in [-0.1, -0.05) is 0 Å². The van der Waals surface area contributed by atoms with Crippen molar-refractivity contribution in [3.05, 3.63) is 47.4 Å². The largest absolute Gasteiger partial charge is 0.353 e. The van der Waals surface area contributed by atoms with E-state index in [1.54, 1.807) is 22.3 Å². The maximum absolute atomic E-state index is 12.4. The first-order chi connectivity index (χ1) is 12.3. The molecule has 3 aromatic rings. The summed E-state index contributed by atoms with van der Waals surface area (Å²) in [6.07, 6.45) is 5.08. The maximum atomic E-state index is 12.4. The van der Waals surface area contributed by atoms with Gasteiger partial charge in [0.1, 0.15) is 24.8 Å². The van der Waals surface area contributed by atoms with Gasteiger partial charge in [-0.2, -0.15) is 16.4 Å². The Morgan fingerprint density at radius 1 is 1.12 bits per heavy atom. The van der Waals surface area contributed by atoms with Gasteiger partial charge in [0.2, 0.25) is 5.91 Å². The van der Waals surface area contributed by atoms with Gasteiger partial charge in [-0.3, -0.25) is 4.79 Å². The number of hydrogen-bond donors (Lipinski definition) is 0. The molecule has 4 heterocycles. The normalized spacial score (nSPS) is 14.7. The molecule has 25 heavy (non-hydrogen) atoms. The molecular weight excluding hydrogens is 338 g/mol. The van der Waals surface area contributed by atoms with Gasteiger partial charge in [-0.05, 0) is 22.4 Å². The lowest BCUT2D eigenvalue weighted by atomic mass is 10.2. The molecule has 1 aliphatic rings. The van der Waals surface area contributed by atoms with Crippen molar-refractivity contribution in [2.75, 3.05) is 31.1 Å². The summed E-state index contributed by atoms with van der Waals surface area (Å²) in [5, 5.41) is 8.12. The molecular formula is C16H17N7OS. The van der Waals surface area contributed by atoms with E-state index in [4.69, 9.17) is 0 Å². The molecule has 1 aliphatic heterocycles. The van der Waals surface area contributed by atoms with E-state index >= 15 is 0 Å². The number of aromatic nitrogens is 5. The fraction of sp³-hybridized carbons (Fsp3) is 0.312. The number of rotatable bonds is 4. The summed E-state index contributed by atoms with van der Waals surface area (Å²) in [4.78, 5) is 29.0. The van der Waals surface area contributed by atoms with Crippen LogP contribution in [0.1, 0.15) is 5.56 Å². The van der Waals surface area contributed by atoms with Gasteiger partial charge in [0.15, 0.2) is 5.82 Å². The molecule has 1 saturated heterocycles. The molecule has 9 heteroatoms. The first-order valence-electron chi connectivity index (χ1n) is 8.00. The van der Waals surface area contributed by atoms with Crippen LogP contribution in [0.25, 0.3) is 5.82 Å². The Hall–Kier alpha value is -2.81. The molecule has 0 aliphatic carbocycles. The minimum atomic E-state index is 0.184. The van der Waals surface area contributed by atoms with Gasteiger partial charge in [-0.25, -0.2) is 19.6 Å². The van der Waals surface area contributed by atoms with Crippen LogP contribution in [0.5, 0.6) is 0 Å². The van der Waals surface area contributed by atoms with Crippen molar-refractivity contribution in [1.82, 2.24) is 29.6 Å². The lowest BCUT2D eigenvalue weighted by Crippen LogP contribution is -2.49. The lowest BCUT2D eigenvalue weighted by Gasteiger charge is -2.35. The predicted octanol–water partition coefficient (Wildman–Crippen LogP) is 1.01. The highest BCUT2D eigenvalue weighted by atomic mass is 32.1. The van der Waals surface area contributed by atoms with Crippen LogP contribution < -0.4 is 4.90 Å². The maximum Gasteiger partial charge on any atom is 0.227 e. The first-order valence-corrected chi connectivity index (χ1v) is 8.95. The van der Waals surface area contributed by atoms with Crippen LogP contribution in [-0.2, 0) is 11.2 Å². The molecule has 0 saturated carbocycles. The van der Waals surface area contributed by atoms with Crippen LogP contribution >= 0.6 is 11.3 Å². The van der Waals surface area contributed by atoms with E-state index in [0.29, 0.717) is 25.3 Å². The molecule has 8 nitrogen and oxygen atoms in total. The van der Waals surface area contributed by atoms with E-state index in [1.807, 2.05) is 27.8 Å². The minimum absolute atomic E-state index is 0.184. The van der Waals surface area contributed by atoms with E-state index in [2.05, 4.69) is 25.0 Å². The van der Waals surface area contributed by atoms with Crippen LogP contribution in [0.3, 0.4) is 0 Å². The van der Waals surface area contributed by atoms with Crippen LogP contribution in [0, 0.1) is 0 Å². The Kier molecular flexibility index (Phi) is 4.38. The fourth-order valence-electron chi connectivity index (χ4n) is 2.83. The van der Waals surface area contributed by atoms with Crippen molar-refractivity contribution in [2.45, 2.75) is 6.42 Å². The summed E-state index contributed by atoms with van der Waals surface area (Å²) in [5.41, 5.74) is 1.09. The molecule has 1 amide bonds. The van der Waals surface area contributed by atoms with Crippen LogP contribution in [-0.4, -0.2) is 61.7 Å². The second-order valence-corrected chi connectivity index (χ2v) is 6.53. The van der Waals surface area contributed by atoms with Gasteiger partial charge >= 0.3 is 0 Å². The van der Waals surface area contributed by atoms with Gasteiger partial charge in [0, 0.05) is 32.2 Å². The number of carbonyl (C=O) groups is 1. The summed E-state index contributed by atoms with van der Waals surface area (Å²) in [7, 11) is 0. The Morgan fingerprint density at radius 2 is 1.96 bits per heavy atom. The van der Waals surface area contributed by atoms with E-state index in [1.165, 1.54) is 12.7 Å². The summed E-state index contributed by atoms with van der Waals surface area (Å²) >= 11 is 1.62. The fourth-order valence-corrected chi connectivity index (χ4v) is 3.50. The van der Waals surface area contributed by atoms with E-state index in [0.717, 1.165) is 24.5 Å². The smallest absolute Gasteiger partial charge is 0.227 e. The standard InChI is InChI=1S/C16H17N7OS/c24-16(7-13-1-6-25-9-13)22-4-2-21(3-5-22)14-8-15(19-11-18-14)23-12-17-10-20-23/h1,6,8-12H,2-5,7H2. The molecule has 0 radical (unpaired) electrons. The van der Waals surface area contributed by atoms with Gasteiger partial charge in [-0.15, -0.1) is 0 Å². The third kappa shape index (κ3) is 3.50. The second-order valence-electron chi connectivity index (χ2n) is 5.75. The Bertz CT molecular complexity index is 826. The zero-order valence-corrected chi connectivity index (χ0v) is 14.3. The number of piperazine rings is 1. The molecule has 0 aromatic carbocycles. The number of anilines is 1. The third-order valence-electron chi connectivity index (χ3n) is 4.18. The highest BCUT2D eigenvalue weighted by molar-refractivity contribution is 7.08. The average molecular weight is 355 g/mol. The van der Waals surface area contributed by atoms with E-state index in [9.17, 15) is 4.79 Å². The van der Waals surface area contributed by atoms with Crippen LogP contribution in [0.2, 0.25) is 0 Å². The summed E-state index contributed by atoms with van der Waals surface area (Å²) in [6.45, 7) is 2.91. The topological polar surface area (TPSA) is 80.0 Å². The summed E-state index contributed by atoms with van der Waals surface area (Å²) in [5.74, 6) is 1.70. The van der Waals surface area contributed by atoms with Crippen LogP contribution in [0.4, 0.5) is 5.82 Å². The third-order valence-corrected chi connectivity index (χ3v) is 4.92. The number of carbonyl (C=O) groups excluding carboxylic acids is 1. The molecule has 0 N–H and O–H groups in total. The van der Waals surface area contributed by atoms with Crippen molar-refractivity contribution in [3.8, 4) is 5.82 Å². The molecule has 1 fully saturated rings. The number of nitrogens with zero attached hydrogens (tertiary/aromatic N) is 7. The van der Waals surface area contributed by atoms with Crippen molar-refractivity contribution < 1.29 is 4.79 Å². The van der Waals surface area contributed by atoms with Gasteiger partial charge in [0.05, 0.1) is 6.42 Å². The van der Waals surface area contributed by atoms with Crippen LogP contribution in [0.15, 0.2) is 41.9 Å². The molecule has 0 spiro atoms. The molecule has 0 unspecified atom stereocenters. The summed E-state index contributed by atoms with van der Waals surface area (Å²) in [6, 6.07) is 3.89. The highest BCUT2D eigenvalue weighted by Crippen LogP contribution is 2.16. The Morgan fingerprint density at radius 3 is 2.68 bits per heavy atom. The molecule has 128 valence electrons. The zero-order chi connectivity index (χ0) is 17.1. The Balaban J connectivity index is 1.39. The Labute approximate surface area is 148 Å². The second kappa shape index (κ2) is 6.98. The molecule has 4 rings (SSSR count). The van der Waals surface area contributed by atoms with E-state index in [-0.39, 0.29) is 5.91 Å². The quantitative estimate of drug-likeness (QED) is 0.695. The molecule has 3 aromatic heterocycles. The average Bonchev–Trinajstić information content (AvgIpc) is 3.36. The zero-order valence-electron chi connectivity index (χ0n) is 13.5. The van der Waals surface area contributed by atoms with Crippen molar-refractivity contribution in [1.29, 1.82) is 0 Å². The SMILES string of the molecule is O=C(Cc1ccsc1)N1CCN(c2cc(-n3cncn3)ncn2)CC1. The minimum Gasteiger partial charge on any atom is -0.353 e. The van der Waals surface area contributed by atoms with Crippen molar-refractivity contribution in [3.63, 3.8) is 0 Å². The van der Waals surface area contributed by atoms with Crippen molar-refractivity contribution in [2.24, 2.45) is 0 Å². The van der Waals surface area contributed by atoms with Gasteiger partial charge in [0.25, 0.3) is 0 Å². The van der Waals surface area contributed by atoms with E-state index < -0.39 is 0 Å². The lowest BCUT2D eigenvalue weighted by molar-refractivity contribution is -0.130. The molecule has 0 atom stereocenters. The van der Waals surface area contributed by atoms with Gasteiger partial charge < -0.3 is 9.80 Å². The summed E-state index contributed by atoms with van der Waals surface area (Å²) < 4.78 is 1.60. The monoisotopic (exact) mass is 355 g/mol. The number of amides is 1. The highest BCUT2D eigenvalue weighted by Gasteiger charge is 2.22. The molecule has 0 bridgehead atoms. The predicted molar refractivity (Wildman–Crippen MR) is 93.8 cm³/mol. The first kappa shape index (κ1) is 15.7.